The fourth-order valence-corrected chi connectivity index (χ4v) is 5.61. The number of benzene rings is 1. The van der Waals surface area contributed by atoms with Crippen LogP contribution in [0.2, 0.25) is 0 Å². The molecule has 0 saturated heterocycles. The molecule has 3 heterocycles. The summed E-state index contributed by atoms with van der Waals surface area (Å²) in [6.07, 6.45) is 7.83. The molecular weight excluding hydrogens is 428 g/mol. The Hall–Kier alpha value is -2.58. The van der Waals surface area contributed by atoms with Crippen LogP contribution in [0, 0.1) is 0 Å². The van der Waals surface area contributed by atoms with Crippen LogP contribution in [0.25, 0.3) is 11.6 Å². The first-order valence-corrected chi connectivity index (χ1v) is 12.5. The average molecular weight is 453 g/mol. The van der Waals surface area contributed by atoms with E-state index in [4.69, 9.17) is 14.1 Å². The smallest absolute Gasteiger partial charge is 0.200 e. The van der Waals surface area contributed by atoms with Crippen LogP contribution >= 0.6 is 23.1 Å². The van der Waals surface area contributed by atoms with E-state index in [1.165, 1.54) is 19.3 Å². The van der Waals surface area contributed by atoms with Gasteiger partial charge in [0.2, 0.25) is 5.82 Å². The number of hydrogen-bond donors (Lipinski definition) is 0. The van der Waals surface area contributed by atoms with E-state index in [1.807, 2.05) is 42.5 Å². The number of nitrogens with zero attached hydrogens (tertiary/aromatic N) is 4. The Morgan fingerprint density at radius 3 is 2.74 bits per heavy atom. The molecule has 0 unspecified atom stereocenters. The molecule has 1 fully saturated rings. The van der Waals surface area contributed by atoms with Crippen LogP contribution in [0.4, 0.5) is 0 Å². The highest BCUT2D eigenvalue weighted by Crippen LogP contribution is 2.36. The van der Waals surface area contributed by atoms with E-state index in [1.54, 1.807) is 29.4 Å². The van der Waals surface area contributed by atoms with Gasteiger partial charge in [-0.2, -0.15) is 0 Å². The zero-order chi connectivity index (χ0) is 20.9. The maximum atomic E-state index is 5.82. The molecular formula is C23H24N4O2S2. The highest BCUT2D eigenvalue weighted by molar-refractivity contribution is 7.98. The van der Waals surface area contributed by atoms with Gasteiger partial charge in [-0.05, 0) is 37.1 Å². The first-order valence-electron chi connectivity index (χ1n) is 10.6. The Balaban J connectivity index is 1.28. The predicted molar refractivity (Wildman–Crippen MR) is 122 cm³/mol. The lowest BCUT2D eigenvalue weighted by atomic mass is 9.95. The summed E-state index contributed by atoms with van der Waals surface area (Å²) in [6.45, 7) is 0.486. The zero-order valence-electron chi connectivity index (χ0n) is 17.1. The summed E-state index contributed by atoms with van der Waals surface area (Å²) in [4.78, 5) is 4.74. The van der Waals surface area contributed by atoms with Gasteiger partial charge in [0, 0.05) is 17.2 Å². The van der Waals surface area contributed by atoms with Crippen molar-refractivity contribution in [1.82, 2.24) is 19.7 Å². The summed E-state index contributed by atoms with van der Waals surface area (Å²) in [6, 6.07) is 14.1. The Kier molecular flexibility index (Phi) is 6.36. The molecule has 0 radical (unpaired) electrons. The van der Waals surface area contributed by atoms with E-state index in [9.17, 15) is 0 Å². The molecule has 6 nitrogen and oxygen atoms in total. The van der Waals surface area contributed by atoms with Crippen LogP contribution in [0.15, 0.2) is 63.7 Å². The number of thiazole rings is 1. The van der Waals surface area contributed by atoms with Crippen molar-refractivity contribution in [3.05, 3.63) is 64.8 Å². The molecule has 8 heteroatoms. The molecule has 0 amide bonds. The Morgan fingerprint density at radius 1 is 1.06 bits per heavy atom. The lowest BCUT2D eigenvalue weighted by Gasteiger charge is -2.25. The van der Waals surface area contributed by atoms with Gasteiger partial charge in [0.15, 0.2) is 10.9 Å². The van der Waals surface area contributed by atoms with Gasteiger partial charge in [-0.3, -0.25) is 4.57 Å². The normalized spacial score (nSPS) is 14.7. The summed E-state index contributed by atoms with van der Waals surface area (Å²) in [5.74, 6) is 3.22. The van der Waals surface area contributed by atoms with Crippen molar-refractivity contribution in [2.45, 2.75) is 55.7 Å². The molecule has 160 valence electrons. The Labute approximate surface area is 189 Å². The van der Waals surface area contributed by atoms with Crippen LogP contribution in [-0.4, -0.2) is 19.7 Å². The monoisotopic (exact) mass is 452 g/mol. The van der Waals surface area contributed by atoms with Crippen molar-refractivity contribution < 1.29 is 9.15 Å². The summed E-state index contributed by atoms with van der Waals surface area (Å²) in [5.41, 5.74) is 1.04. The van der Waals surface area contributed by atoms with Crippen molar-refractivity contribution in [1.29, 1.82) is 0 Å². The van der Waals surface area contributed by atoms with Gasteiger partial charge < -0.3 is 9.15 Å². The van der Waals surface area contributed by atoms with Crippen LogP contribution in [0.3, 0.4) is 0 Å². The lowest BCUT2D eigenvalue weighted by molar-refractivity contribution is 0.305. The highest BCUT2D eigenvalue weighted by Gasteiger charge is 2.25. The molecule has 0 aliphatic heterocycles. The topological polar surface area (TPSA) is 66.0 Å². The minimum atomic E-state index is 0.427. The summed E-state index contributed by atoms with van der Waals surface area (Å²) in [5, 5.41) is 13.0. The van der Waals surface area contributed by atoms with Crippen molar-refractivity contribution in [2.24, 2.45) is 0 Å². The number of hydrogen-bond acceptors (Lipinski definition) is 7. The molecule has 1 aromatic carbocycles. The van der Waals surface area contributed by atoms with Gasteiger partial charge in [-0.1, -0.05) is 49.2 Å². The number of furan rings is 1. The third-order valence-electron chi connectivity index (χ3n) is 5.40. The van der Waals surface area contributed by atoms with Gasteiger partial charge in [0.1, 0.15) is 17.4 Å². The fourth-order valence-electron chi connectivity index (χ4n) is 3.90. The second-order valence-electron chi connectivity index (χ2n) is 7.57. The summed E-state index contributed by atoms with van der Waals surface area (Å²) >= 11 is 3.32. The van der Waals surface area contributed by atoms with Crippen LogP contribution in [-0.2, 0) is 12.4 Å². The number of rotatable bonds is 8. The molecule has 4 aromatic rings. The quantitative estimate of drug-likeness (QED) is 0.289. The third-order valence-corrected chi connectivity index (χ3v) is 7.25. The number of ether oxygens (including phenoxy) is 1. The zero-order valence-corrected chi connectivity index (χ0v) is 18.8. The second kappa shape index (κ2) is 9.70. The van der Waals surface area contributed by atoms with E-state index < -0.39 is 0 Å². The third kappa shape index (κ3) is 4.85. The molecule has 3 aromatic heterocycles. The molecule has 31 heavy (non-hydrogen) atoms. The van der Waals surface area contributed by atoms with Gasteiger partial charge >= 0.3 is 0 Å². The number of para-hydroxylation sites is 1. The molecule has 5 rings (SSSR count). The maximum absolute atomic E-state index is 5.82. The predicted octanol–water partition coefficient (Wildman–Crippen LogP) is 6.37. The molecule has 1 saturated carbocycles. The highest BCUT2D eigenvalue weighted by atomic mass is 32.2. The SMILES string of the molecule is c1ccc(OCc2nc(CSc3nnc(-c4ccco4)n3C3CCCCC3)cs2)cc1. The minimum absolute atomic E-state index is 0.427. The van der Waals surface area contributed by atoms with E-state index >= 15 is 0 Å². The van der Waals surface area contributed by atoms with E-state index in [-0.39, 0.29) is 0 Å². The largest absolute Gasteiger partial charge is 0.486 e. The van der Waals surface area contributed by atoms with Gasteiger partial charge in [-0.15, -0.1) is 21.5 Å². The number of thioether (sulfide) groups is 1. The number of aromatic nitrogens is 4. The van der Waals surface area contributed by atoms with Crippen LogP contribution < -0.4 is 4.74 Å². The first kappa shape index (κ1) is 20.3. The molecule has 0 N–H and O–H groups in total. The van der Waals surface area contributed by atoms with Crippen LogP contribution in [0.1, 0.15) is 48.8 Å². The van der Waals surface area contributed by atoms with Gasteiger partial charge in [-0.25, -0.2) is 4.98 Å². The molecule has 0 atom stereocenters. The van der Waals surface area contributed by atoms with Crippen molar-refractivity contribution in [3.8, 4) is 17.3 Å². The average Bonchev–Trinajstić information content (AvgIpc) is 3.58. The molecule has 0 spiro atoms. The maximum Gasteiger partial charge on any atom is 0.200 e. The van der Waals surface area contributed by atoms with E-state index in [0.29, 0.717) is 12.6 Å². The van der Waals surface area contributed by atoms with Crippen molar-refractivity contribution >= 4 is 23.1 Å². The lowest BCUT2D eigenvalue weighted by Crippen LogP contribution is -2.15. The minimum Gasteiger partial charge on any atom is -0.486 e. The fraction of sp³-hybridized carbons (Fsp3) is 0.348. The molecule has 1 aliphatic carbocycles. The van der Waals surface area contributed by atoms with Crippen LogP contribution in [0.5, 0.6) is 5.75 Å². The Morgan fingerprint density at radius 2 is 1.94 bits per heavy atom. The summed E-state index contributed by atoms with van der Waals surface area (Å²) in [7, 11) is 0. The van der Waals surface area contributed by atoms with Gasteiger partial charge in [0.25, 0.3) is 0 Å². The molecule has 0 bridgehead atoms. The van der Waals surface area contributed by atoms with Crippen molar-refractivity contribution in [3.63, 3.8) is 0 Å². The van der Waals surface area contributed by atoms with Crippen molar-refractivity contribution in [2.75, 3.05) is 0 Å². The van der Waals surface area contributed by atoms with E-state index in [2.05, 4.69) is 20.1 Å². The Bertz CT molecular complexity index is 1090. The van der Waals surface area contributed by atoms with Gasteiger partial charge in [0.05, 0.1) is 12.0 Å². The first-order chi connectivity index (χ1) is 15.4. The van der Waals surface area contributed by atoms with E-state index in [0.717, 1.165) is 51.8 Å². The standard InChI is InChI=1S/C23H24N4O2S2/c1-3-8-18(9-4-1)27-22(20-12-7-13-28-20)25-26-23(27)31-16-17-15-30-21(24-17)14-29-19-10-5-2-6-11-19/h2,5-7,10-13,15,18H,1,3-4,8-9,14,16H2. The molecule has 1 aliphatic rings. The summed E-state index contributed by atoms with van der Waals surface area (Å²) < 4.78 is 13.7. The second-order valence-corrected chi connectivity index (χ2v) is 9.45.